The van der Waals surface area contributed by atoms with Crippen molar-refractivity contribution in [1.29, 1.82) is 0 Å². The van der Waals surface area contributed by atoms with Gasteiger partial charge in [-0.3, -0.25) is 9.48 Å². The molecule has 3 aromatic rings. The smallest absolute Gasteiger partial charge is 0.267 e. The first-order valence-electron chi connectivity index (χ1n) is 9.59. The molecule has 2 aliphatic rings. The fourth-order valence-corrected chi connectivity index (χ4v) is 4.19. The Kier molecular flexibility index (Phi) is 3.73. The maximum Gasteiger partial charge on any atom is 0.267 e. The van der Waals surface area contributed by atoms with Crippen LogP contribution >= 0.6 is 0 Å². The van der Waals surface area contributed by atoms with Crippen molar-refractivity contribution in [3.05, 3.63) is 39.7 Å². The van der Waals surface area contributed by atoms with Gasteiger partial charge in [-0.05, 0) is 38.2 Å². The summed E-state index contributed by atoms with van der Waals surface area (Å²) in [5, 5.41) is 9.93. The summed E-state index contributed by atoms with van der Waals surface area (Å²) in [5.41, 5.74) is 3.14. The van der Waals surface area contributed by atoms with Gasteiger partial charge in [0, 0.05) is 32.1 Å². The molecule has 0 saturated carbocycles. The Hall–Kier alpha value is -2.77. The quantitative estimate of drug-likeness (QED) is 0.695. The molecule has 0 bridgehead atoms. The average Bonchev–Trinajstić information content (AvgIpc) is 2.98. The van der Waals surface area contributed by atoms with Crippen LogP contribution in [0.2, 0.25) is 0 Å². The number of hydrogen-bond acceptors (Lipinski definition) is 6. The maximum atomic E-state index is 12.4. The minimum Gasteiger partial charge on any atom is -0.355 e. The number of anilines is 1. The van der Waals surface area contributed by atoms with Crippen molar-refractivity contribution in [3.63, 3.8) is 0 Å². The van der Waals surface area contributed by atoms with Crippen molar-refractivity contribution in [3.8, 4) is 0 Å². The van der Waals surface area contributed by atoms with E-state index in [0.29, 0.717) is 12.5 Å². The van der Waals surface area contributed by atoms with Gasteiger partial charge in [0.15, 0.2) is 5.65 Å². The minimum atomic E-state index is 0.0293. The number of aromatic nitrogens is 6. The maximum absolute atomic E-state index is 12.4. The molecule has 5 rings (SSSR count). The van der Waals surface area contributed by atoms with Crippen LogP contribution in [-0.2, 0) is 26.4 Å². The summed E-state index contributed by atoms with van der Waals surface area (Å²) >= 11 is 0. The first-order valence-corrected chi connectivity index (χ1v) is 9.59. The van der Waals surface area contributed by atoms with E-state index < -0.39 is 0 Å². The summed E-state index contributed by atoms with van der Waals surface area (Å²) in [6.45, 7) is 4.31. The van der Waals surface area contributed by atoms with Crippen molar-refractivity contribution in [2.75, 3.05) is 18.0 Å². The molecule has 4 heterocycles. The highest BCUT2D eigenvalue weighted by molar-refractivity contribution is 5.87. The number of fused-ring (bicyclic) bond motifs is 2. The van der Waals surface area contributed by atoms with Gasteiger partial charge in [0.1, 0.15) is 11.6 Å². The Labute approximate surface area is 156 Å². The third kappa shape index (κ3) is 2.79. The molecule has 0 radical (unpaired) electrons. The van der Waals surface area contributed by atoms with Crippen LogP contribution in [0.3, 0.4) is 0 Å². The summed E-state index contributed by atoms with van der Waals surface area (Å²) in [6, 6.07) is 1.80. The van der Waals surface area contributed by atoms with Crippen molar-refractivity contribution < 1.29 is 0 Å². The third-order valence-electron chi connectivity index (χ3n) is 5.65. The molecule has 1 aliphatic carbocycles. The minimum absolute atomic E-state index is 0.0293. The molecule has 0 atom stereocenters. The molecule has 1 saturated heterocycles. The fraction of sp³-hybridized carbons (Fsp3) is 0.526. The Morgan fingerprint density at radius 2 is 2.00 bits per heavy atom. The zero-order valence-corrected chi connectivity index (χ0v) is 15.7. The van der Waals surface area contributed by atoms with Gasteiger partial charge in [-0.2, -0.15) is 10.2 Å². The molecule has 0 unspecified atom stereocenters. The van der Waals surface area contributed by atoms with Crippen LogP contribution in [0, 0.1) is 12.8 Å². The molecule has 27 heavy (non-hydrogen) atoms. The second-order valence-corrected chi connectivity index (χ2v) is 7.71. The van der Waals surface area contributed by atoms with Gasteiger partial charge < -0.3 is 4.90 Å². The van der Waals surface area contributed by atoms with Gasteiger partial charge in [0.2, 0.25) is 0 Å². The van der Waals surface area contributed by atoms with E-state index in [9.17, 15) is 4.79 Å². The van der Waals surface area contributed by atoms with Crippen LogP contribution in [0.4, 0.5) is 5.82 Å². The van der Waals surface area contributed by atoms with Crippen LogP contribution < -0.4 is 10.5 Å². The zero-order valence-electron chi connectivity index (χ0n) is 15.7. The van der Waals surface area contributed by atoms with Gasteiger partial charge in [0.25, 0.3) is 5.56 Å². The summed E-state index contributed by atoms with van der Waals surface area (Å²) in [7, 11) is 1.89. The monoisotopic (exact) mass is 365 g/mol. The normalized spacial score (nSPS) is 17.2. The Morgan fingerprint density at radius 1 is 1.19 bits per heavy atom. The average molecular weight is 365 g/mol. The molecule has 1 fully saturated rings. The van der Waals surface area contributed by atoms with Crippen molar-refractivity contribution >= 4 is 16.9 Å². The first kappa shape index (κ1) is 16.4. The van der Waals surface area contributed by atoms with Crippen molar-refractivity contribution in [1.82, 2.24) is 29.5 Å². The Balaban J connectivity index is 1.34. The summed E-state index contributed by atoms with van der Waals surface area (Å²) < 4.78 is 3.44. The molecule has 0 N–H and O–H groups in total. The van der Waals surface area contributed by atoms with Crippen LogP contribution in [0.15, 0.2) is 17.1 Å². The van der Waals surface area contributed by atoms with E-state index in [1.165, 1.54) is 6.42 Å². The highest BCUT2D eigenvalue weighted by Gasteiger charge is 2.31. The molecular weight excluding hydrogens is 342 g/mol. The van der Waals surface area contributed by atoms with Crippen molar-refractivity contribution in [2.45, 2.75) is 39.2 Å². The molecule has 140 valence electrons. The van der Waals surface area contributed by atoms with E-state index in [1.54, 1.807) is 15.4 Å². The topological polar surface area (TPSA) is 81.7 Å². The third-order valence-corrected chi connectivity index (χ3v) is 5.65. The van der Waals surface area contributed by atoms with Gasteiger partial charge in [-0.15, -0.1) is 0 Å². The van der Waals surface area contributed by atoms with Gasteiger partial charge >= 0.3 is 0 Å². The molecule has 0 aromatic carbocycles. The highest BCUT2D eigenvalue weighted by Crippen LogP contribution is 2.29. The highest BCUT2D eigenvalue weighted by atomic mass is 16.1. The lowest BCUT2D eigenvalue weighted by Gasteiger charge is -2.40. The standard InChI is InChI=1S/C19H23N7O/c1-12-21-18-15(8-20-24(18)2)19(22-12)25-9-13(10-25)11-26-17(27)7-14-5-3-4-6-16(14)23-26/h7-8,13H,3-6,9-11H2,1-2H3. The lowest BCUT2D eigenvalue weighted by atomic mass is 9.96. The summed E-state index contributed by atoms with van der Waals surface area (Å²) in [6.07, 6.45) is 6.14. The van der Waals surface area contributed by atoms with E-state index in [1.807, 2.05) is 20.2 Å². The predicted molar refractivity (Wildman–Crippen MR) is 102 cm³/mol. The van der Waals surface area contributed by atoms with E-state index in [2.05, 4.69) is 25.1 Å². The van der Waals surface area contributed by atoms with Gasteiger partial charge in [0.05, 0.1) is 23.8 Å². The van der Waals surface area contributed by atoms with E-state index in [4.69, 9.17) is 0 Å². The molecule has 0 amide bonds. The number of nitrogens with zero attached hydrogens (tertiary/aromatic N) is 7. The first-order chi connectivity index (χ1) is 13.1. The molecule has 8 nitrogen and oxygen atoms in total. The Morgan fingerprint density at radius 3 is 2.85 bits per heavy atom. The van der Waals surface area contributed by atoms with Crippen molar-refractivity contribution in [2.24, 2.45) is 13.0 Å². The van der Waals surface area contributed by atoms with Gasteiger partial charge in [-0.25, -0.2) is 14.6 Å². The van der Waals surface area contributed by atoms with E-state index >= 15 is 0 Å². The predicted octanol–water partition coefficient (Wildman–Crippen LogP) is 1.24. The van der Waals surface area contributed by atoms with Crippen LogP contribution in [0.5, 0.6) is 0 Å². The number of rotatable bonds is 3. The molecule has 3 aromatic heterocycles. The SMILES string of the molecule is Cc1nc(N2CC(Cn3nc4c(cc3=O)CCCC4)C2)c2cnn(C)c2n1. The Bertz CT molecular complexity index is 1080. The number of aryl methyl sites for hydroxylation is 4. The number of hydrogen-bond donors (Lipinski definition) is 0. The second-order valence-electron chi connectivity index (χ2n) is 7.71. The lowest BCUT2D eigenvalue weighted by Crippen LogP contribution is -2.50. The zero-order chi connectivity index (χ0) is 18.5. The summed E-state index contributed by atoms with van der Waals surface area (Å²) in [4.78, 5) is 23.8. The molecule has 8 heteroatoms. The van der Waals surface area contributed by atoms with Crippen LogP contribution in [0.25, 0.3) is 11.0 Å². The lowest BCUT2D eigenvalue weighted by molar-refractivity contribution is 0.330. The van der Waals surface area contributed by atoms with Crippen LogP contribution in [-0.4, -0.2) is 42.6 Å². The molecular formula is C19H23N7O. The van der Waals surface area contributed by atoms with E-state index in [-0.39, 0.29) is 5.56 Å². The summed E-state index contributed by atoms with van der Waals surface area (Å²) in [5.74, 6) is 2.09. The van der Waals surface area contributed by atoms with Crippen LogP contribution in [0.1, 0.15) is 29.9 Å². The largest absolute Gasteiger partial charge is 0.355 e. The van der Waals surface area contributed by atoms with E-state index in [0.717, 1.165) is 66.3 Å². The fourth-order valence-electron chi connectivity index (χ4n) is 4.19. The van der Waals surface area contributed by atoms with Gasteiger partial charge in [-0.1, -0.05) is 0 Å². The second kappa shape index (κ2) is 6.14. The molecule has 1 aliphatic heterocycles. The molecule has 0 spiro atoms.